The summed E-state index contributed by atoms with van der Waals surface area (Å²) in [5.74, 6) is -0.902. The van der Waals surface area contributed by atoms with E-state index in [0.717, 1.165) is 6.42 Å². The van der Waals surface area contributed by atoms with Crippen molar-refractivity contribution >= 4 is 23.7 Å². The van der Waals surface area contributed by atoms with E-state index in [-0.39, 0.29) is 23.7 Å². The lowest BCUT2D eigenvalue weighted by molar-refractivity contribution is -0.141. The minimum absolute atomic E-state index is 0.0437. The molecular weight excluding hydrogens is 288 g/mol. The average Bonchev–Trinajstić information content (AvgIpc) is 2.77. The van der Waals surface area contributed by atoms with Crippen molar-refractivity contribution in [3.8, 4) is 0 Å². The highest BCUT2D eigenvalue weighted by atomic mass is 16.5. The molecule has 0 aromatic carbocycles. The van der Waals surface area contributed by atoms with E-state index in [4.69, 9.17) is 4.74 Å². The van der Waals surface area contributed by atoms with E-state index in [1.54, 1.807) is 0 Å². The number of ether oxygens (including phenoxy) is 1. The van der Waals surface area contributed by atoms with E-state index in [9.17, 15) is 19.2 Å². The number of unbranched alkanes of at least 4 members (excludes halogenated alkanes) is 2. The first kappa shape index (κ1) is 17.9. The predicted molar refractivity (Wildman–Crippen MR) is 78.6 cm³/mol. The van der Waals surface area contributed by atoms with Crippen LogP contribution in [0.5, 0.6) is 0 Å². The Morgan fingerprint density at radius 1 is 1.09 bits per heavy atom. The Labute approximate surface area is 129 Å². The standard InChI is InChI=1S/C15H22N2O5/c1-12(18)22-11-5-9-16-13(19)6-3-2-4-10-17-14(20)7-8-15(17)21/h7-8H,2-6,9-11H2,1H3,(H,16,19). The predicted octanol–water partition coefficient (Wildman–Crippen LogP) is 0.541. The maximum Gasteiger partial charge on any atom is 0.302 e. The van der Waals surface area contributed by atoms with Crippen LogP contribution in [0.1, 0.15) is 39.0 Å². The minimum atomic E-state index is -0.323. The first-order valence-corrected chi connectivity index (χ1v) is 7.44. The van der Waals surface area contributed by atoms with Crippen LogP contribution in [0, 0.1) is 0 Å². The summed E-state index contributed by atoms with van der Waals surface area (Å²) < 4.78 is 4.75. The van der Waals surface area contributed by atoms with E-state index in [2.05, 4.69) is 5.32 Å². The zero-order valence-electron chi connectivity index (χ0n) is 12.8. The molecule has 0 bridgehead atoms. The molecule has 1 N–H and O–H groups in total. The molecule has 3 amide bonds. The van der Waals surface area contributed by atoms with Crippen LogP contribution in [-0.4, -0.2) is 48.3 Å². The first-order chi connectivity index (χ1) is 10.5. The Morgan fingerprint density at radius 2 is 1.77 bits per heavy atom. The molecule has 0 aromatic heterocycles. The third kappa shape index (κ3) is 7.01. The number of hydrogen-bond acceptors (Lipinski definition) is 5. The van der Waals surface area contributed by atoms with Crippen molar-refractivity contribution in [3.05, 3.63) is 12.2 Å². The number of amides is 3. The molecule has 0 radical (unpaired) electrons. The number of nitrogens with zero attached hydrogens (tertiary/aromatic N) is 1. The van der Waals surface area contributed by atoms with Gasteiger partial charge in [0.05, 0.1) is 6.61 Å². The number of carbonyl (C=O) groups is 4. The zero-order chi connectivity index (χ0) is 16.4. The number of esters is 1. The van der Waals surface area contributed by atoms with Crippen LogP contribution in [0.3, 0.4) is 0 Å². The van der Waals surface area contributed by atoms with Crippen LogP contribution >= 0.6 is 0 Å². The zero-order valence-corrected chi connectivity index (χ0v) is 12.8. The van der Waals surface area contributed by atoms with E-state index in [0.29, 0.717) is 45.4 Å². The summed E-state index contributed by atoms with van der Waals surface area (Å²) in [6.45, 7) is 2.53. The summed E-state index contributed by atoms with van der Waals surface area (Å²) >= 11 is 0. The molecule has 0 fully saturated rings. The Bertz CT molecular complexity index is 441. The molecule has 1 aliphatic heterocycles. The fraction of sp³-hybridized carbons (Fsp3) is 0.600. The van der Waals surface area contributed by atoms with Crippen LogP contribution in [0.25, 0.3) is 0 Å². The van der Waals surface area contributed by atoms with Gasteiger partial charge in [-0.2, -0.15) is 0 Å². The summed E-state index contributed by atoms with van der Waals surface area (Å²) in [5.41, 5.74) is 0. The third-order valence-corrected chi connectivity index (χ3v) is 3.13. The average molecular weight is 310 g/mol. The topological polar surface area (TPSA) is 92.8 Å². The molecule has 122 valence electrons. The Hall–Kier alpha value is -2.18. The molecule has 0 aromatic rings. The van der Waals surface area contributed by atoms with Crippen molar-refractivity contribution in [1.82, 2.24) is 10.2 Å². The molecule has 1 aliphatic rings. The Kier molecular flexibility index (Phi) is 7.88. The molecule has 0 aliphatic carbocycles. The molecular formula is C15H22N2O5. The lowest BCUT2D eigenvalue weighted by Gasteiger charge is -2.13. The maximum absolute atomic E-state index is 11.5. The smallest absolute Gasteiger partial charge is 0.302 e. The lowest BCUT2D eigenvalue weighted by Crippen LogP contribution is -2.30. The van der Waals surface area contributed by atoms with Gasteiger partial charge >= 0.3 is 5.97 Å². The molecule has 7 nitrogen and oxygen atoms in total. The highest BCUT2D eigenvalue weighted by molar-refractivity contribution is 6.12. The second kappa shape index (κ2) is 9.70. The molecule has 0 spiro atoms. The van der Waals surface area contributed by atoms with Crippen molar-refractivity contribution < 1.29 is 23.9 Å². The van der Waals surface area contributed by atoms with Crippen molar-refractivity contribution in [2.45, 2.75) is 39.0 Å². The van der Waals surface area contributed by atoms with Gasteiger partial charge in [0.1, 0.15) is 0 Å². The first-order valence-electron chi connectivity index (χ1n) is 7.44. The van der Waals surface area contributed by atoms with Gasteiger partial charge in [0.25, 0.3) is 11.8 Å². The summed E-state index contributed by atoms with van der Waals surface area (Å²) in [5, 5.41) is 2.74. The quantitative estimate of drug-likeness (QED) is 0.361. The normalized spacial score (nSPS) is 13.6. The number of hydrogen-bond donors (Lipinski definition) is 1. The highest BCUT2D eigenvalue weighted by Gasteiger charge is 2.22. The SMILES string of the molecule is CC(=O)OCCCNC(=O)CCCCCN1C(=O)C=CC1=O. The van der Waals surface area contributed by atoms with Gasteiger partial charge < -0.3 is 10.1 Å². The molecule has 0 atom stereocenters. The van der Waals surface area contributed by atoms with Crippen LogP contribution in [-0.2, 0) is 23.9 Å². The van der Waals surface area contributed by atoms with Crippen LogP contribution in [0.2, 0.25) is 0 Å². The van der Waals surface area contributed by atoms with Crippen molar-refractivity contribution in [2.75, 3.05) is 19.7 Å². The Balaban J connectivity index is 1.96. The number of imide groups is 1. The van der Waals surface area contributed by atoms with Gasteiger partial charge in [0.15, 0.2) is 0 Å². The van der Waals surface area contributed by atoms with E-state index < -0.39 is 0 Å². The summed E-state index contributed by atoms with van der Waals surface area (Å²) in [6.07, 6.45) is 5.72. The van der Waals surface area contributed by atoms with E-state index in [1.807, 2.05) is 0 Å². The number of nitrogens with one attached hydrogen (secondary N) is 1. The van der Waals surface area contributed by atoms with E-state index in [1.165, 1.54) is 24.0 Å². The monoisotopic (exact) mass is 310 g/mol. The Morgan fingerprint density at radius 3 is 2.41 bits per heavy atom. The summed E-state index contributed by atoms with van der Waals surface area (Å²) in [6, 6.07) is 0. The summed E-state index contributed by atoms with van der Waals surface area (Å²) in [4.78, 5) is 45.8. The van der Waals surface area contributed by atoms with Gasteiger partial charge in [0.2, 0.25) is 5.91 Å². The van der Waals surface area contributed by atoms with Crippen LogP contribution in [0.15, 0.2) is 12.2 Å². The fourth-order valence-electron chi connectivity index (χ4n) is 1.99. The minimum Gasteiger partial charge on any atom is -0.466 e. The van der Waals surface area contributed by atoms with Crippen LogP contribution < -0.4 is 5.32 Å². The number of rotatable bonds is 10. The van der Waals surface area contributed by atoms with Gasteiger partial charge in [-0.05, 0) is 19.3 Å². The van der Waals surface area contributed by atoms with Gasteiger partial charge in [-0.25, -0.2) is 0 Å². The molecule has 1 heterocycles. The number of carbonyl (C=O) groups excluding carboxylic acids is 4. The molecule has 1 rings (SSSR count). The maximum atomic E-state index is 11.5. The highest BCUT2D eigenvalue weighted by Crippen LogP contribution is 2.07. The fourth-order valence-corrected chi connectivity index (χ4v) is 1.99. The molecule has 7 heteroatoms. The van der Waals surface area contributed by atoms with Gasteiger partial charge in [-0.3, -0.25) is 24.1 Å². The third-order valence-electron chi connectivity index (χ3n) is 3.13. The van der Waals surface area contributed by atoms with Crippen molar-refractivity contribution in [1.29, 1.82) is 0 Å². The second-order valence-corrected chi connectivity index (χ2v) is 5.02. The molecule has 0 saturated carbocycles. The van der Waals surface area contributed by atoms with E-state index >= 15 is 0 Å². The lowest BCUT2D eigenvalue weighted by atomic mass is 10.2. The molecule has 0 saturated heterocycles. The molecule has 0 unspecified atom stereocenters. The largest absolute Gasteiger partial charge is 0.466 e. The van der Waals surface area contributed by atoms with Crippen molar-refractivity contribution in [3.63, 3.8) is 0 Å². The van der Waals surface area contributed by atoms with Gasteiger partial charge in [-0.1, -0.05) is 6.42 Å². The second-order valence-electron chi connectivity index (χ2n) is 5.02. The molecule has 22 heavy (non-hydrogen) atoms. The van der Waals surface area contributed by atoms with Crippen LogP contribution in [0.4, 0.5) is 0 Å². The summed E-state index contributed by atoms with van der Waals surface area (Å²) in [7, 11) is 0. The van der Waals surface area contributed by atoms with Gasteiger partial charge in [0, 0.05) is 38.6 Å². The van der Waals surface area contributed by atoms with Crippen molar-refractivity contribution in [2.24, 2.45) is 0 Å². The van der Waals surface area contributed by atoms with Gasteiger partial charge in [-0.15, -0.1) is 0 Å².